The van der Waals surface area contributed by atoms with Crippen molar-refractivity contribution in [2.75, 3.05) is 13.1 Å². The Morgan fingerprint density at radius 2 is 1.82 bits per heavy atom. The largest absolute Gasteiger partial charge is 0.354 e. The summed E-state index contributed by atoms with van der Waals surface area (Å²) < 4.78 is 15.8. The molecule has 1 saturated heterocycles. The van der Waals surface area contributed by atoms with Gasteiger partial charge in [-0.15, -0.1) is 0 Å². The summed E-state index contributed by atoms with van der Waals surface area (Å²) >= 11 is 0. The van der Waals surface area contributed by atoms with Crippen molar-refractivity contribution in [1.82, 2.24) is 10.3 Å². The molecule has 0 aliphatic carbocycles. The molecule has 1 aliphatic rings. The third kappa shape index (κ3) is 4.15. The van der Waals surface area contributed by atoms with Gasteiger partial charge in [-0.05, 0) is 81.3 Å². The second-order valence-corrected chi connectivity index (χ2v) is 8.65. The highest BCUT2D eigenvalue weighted by molar-refractivity contribution is 5.93. The van der Waals surface area contributed by atoms with Crippen molar-refractivity contribution in [1.29, 1.82) is 0 Å². The van der Waals surface area contributed by atoms with Gasteiger partial charge in [0.25, 0.3) is 0 Å². The molecule has 0 bridgehead atoms. The summed E-state index contributed by atoms with van der Waals surface area (Å²) in [7, 11) is 0. The van der Waals surface area contributed by atoms with Crippen molar-refractivity contribution in [3.8, 4) is 0 Å². The number of aromatic amines is 1. The number of hydrogen-bond donors (Lipinski definition) is 2. The Labute approximate surface area is 168 Å². The van der Waals surface area contributed by atoms with E-state index in [0.29, 0.717) is 5.92 Å². The van der Waals surface area contributed by atoms with Crippen molar-refractivity contribution in [2.45, 2.75) is 59.3 Å². The Balaban J connectivity index is 2.25. The normalized spacial score (nSPS) is 16.0. The minimum absolute atomic E-state index is 0.0394. The molecule has 2 nitrogen and oxygen atoms in total. The van der Waals surface area contributed by atoms with E-state index in [0.717, 1.165) is 64.8 Å². The topological polar surface area (TPSA) is 27.8 Å². The van der Waals surface area contributed by atoms with Crippen molar-refractivity contribution in [3.63, 3.8) is 0 Å². The molecule has 0 saturated carbocycles. The number of halogens is 1. The van der Waals surface area contributed by atoms with Crippen molar-refractivity contribution in [3.05, 3.63) is 64.6 Å². The van der Waals surface area contributed by atoms with Crippen LogP contribution in [0.25, 0.3) is 16.5 Å². The second kappa shape index (κ2) is 8.48. The minimum atomic E-state index is -0.0394. The molecule has 0 amide bonds. The Hall–Kier alpha value is -2.13. The molecule has 1 aromatic heterocycles. The fourth-order valence-corrected chi connectivity index (χ4v) is 4.30. The molecule has 28 heavy (non-hydrogen) atoms. The average Bonchev–Trinajstić information content (AvgIpc) is 3.02. The molecule has 2 heterocycles. The zero-order valence-corrected chi connectivity index (χ0v) is 17.9. The first kappa shape index (κ1) is 20.6. The lowest BCUT2D eigenvalue weighted by Crippen LogP contribution is -2.27. The Bertz CT molecular complexity index is 933. The van der Waals surface area contributed by atoms with Crippen LogP contribution in [0.3, 0.4) is 0 Å². The first-order valence-electron chi connectivity index (χ1n) is 10.4. The third-order valence-corrected chi connectivity index (χ3v) is 5.46. The standard InChI is InChI=1S/C25H33FN2/c1-15(2)13-19(14-16(3)4)25-22(17(5)6)23-21(28-25)8-7-20(24(23)26)18-9-11-27-12-10-18/h7-8,13-14,17-18,27-28H,1,9-12H2,2-6H3/b19-13+. The van der Waals surface area contributed by atoms with E-state index in [1.54, 1.807) is 0 Å². The van der Waals surface area contributed by atoms with Crippen LogP contribution in [-0.2, 0) is 0 Å². The van der Waals surface area contributed by atoms with Gasteiger partial charge in [-0.1, -0.05) is 49.8 Å². The predicted octanol–water partition coefficient (Wildman–Crippen LogP) is 6.82. The number of benzene rings is 1. The predicted molar refractivity (Wildman–Crippen MR) is 119 cm³/mol. The lowest BCUT2D eigenvalue weighted by Gasteiger charge is -2.23. The summed E-state index contributed by atoms with van der Waals surface area (Å²) in [5.74, 6) is 0.468. The lowest BCUT2D eigenvalue weighted by molar-refractivity contribution is 0.446. The van der Waals surface area contributed by atoms with Gasteiger partial charge in [-0.2, -0.15) is 0 Å². The van der Waals surface area contributed by atoms with Crippen molar-refractivity contribution in [2.24, 2.45) is 0 Å². The monoisotopic (exact) mass is 380 g/mol. The molecule has 3 rings (SSSR count). The van der Waals surface area contributed by atoms with E-state index < -0.39 is 0 Å². The van der Waals surface area contributed by atoms with Crippen LogP contribution in [0.5, 0.6) is 0 Å². The SMILES string of the molecule is C=C(C)/C=C(\C=C(C)C)c1[nH]c2ccc(C3CCNCC3)c(F)c2c1C(C)C. The van der Waals surface area contributed by atoms with E-state index >= 15 is 4.39 Å². The summed E-state index contributed by atoms with van der Waals surface area (Å²) in [5, 5.41) is 4.14. The Morgan fingerprint density at radius 3 is 2.39 bits per heavy atom. The quantitative estimate of drug-likeness (QED) is 0.547. The maximum absolute atomic E-state index is 15.8. The number of hydrogen-bond acceptors (Lipinski definition) is 1. The molecule has 0 atom stereocenters. The third-order valence-electron chi connectivity index (χ3n) is 5.46. The second-order valence-electron chi connectivity index (χ2n) is 8.65. The molecule has 2 N–H and O–H groups in total. The smallest absolute Gasteiger partial charge is 0.136 e. The van der Waals surface area contributed by atoms with Crippen LogP contribution < -0.4 is 5.32 Å². The molecule has 150 valence electrons. The number of allylic oxidation sites excluding steroid dienone is 5. The summed E-state index contributed by atoms with van der Waals surface area (Å²) in [5.41, 5.74) is 7.07. The molecule has 0 unspecified atom stereocenters. The van der Waals surface area contributed by atoms with E-state index in [-0.39, 0.29) is 11.7 Å². The van der Waals surface area contributed by atoms with E-state index in [2.05, 4.69) is 62.8 Å². The summed E-state index contributed by atoms with van der Waals surface area (Å²) in [6.07, 6.45) is 6.22. The van der Waals surface area contributed by atoms with Gasteiger partial charge in [0.1, 0.15) is 5.82 Å². The molecule has 0 spiro atoms. The van der Waals surface area contributed by atoms with Gasteiger partial charge in [0, 0.05) is 10.9 Å². The van der Waals surface area contributed by atoms with Gasteiger partial charge in [-0.25, -0.2) is 4.39 Å². The van der Waals surface area contributed by atoms with Crippen molar-refractivity contribution >= 4 is 16.5 Å². The van der Waals surface area contributed by atoms with Gasteiger partial charge < -0.3 is 10.3 Å². The van der Waals surface area contributed by atoms with Gasteiger partial charge in [0.15, 0.2) is 0 Å². The molecule has 2 aromatic rings. The molecule has 3 heteroatoms. The number of piperidine rings is 1. The molecule has 0 radical (unpaired) electrons. The molecule has 1 fully saturated rings. The minimum Gasteiger partial charge on any atom is -0.354 e. The van der Waals surface area contributed by atoms with Crippen LogP contribution >= 0.6 is 0 Å². The molecule has 1 aliphatic heterocycles. The molecular weight excluding hydrogens is 347 g/mol. The van der Waals surface area contributed by atoms with E-state index in [1.165, 1.54) is 5.57 Å². The van der Waals surface area contributed by atoms with Gasteiger partial charge in [0.2, 0.25) is 0 Å². The Kier molecular flexibility index (Phi) is 6.24. The van der Waals surface area contributed by atoms with Crippen LogP contribution in [0.1, 0.15) is 76.1 Å². The number of nitrogens with one attached hydrogen (secondary N) is 2. The number of rotatable bonds is 5. The number of aromatic nitrogens is 1. The van der Waals surface area contributed by atoms with E-state index in [1.807, 2.05) is 13.0 Å². The fraction of sp³-hybridized carbons (Fsp3) is 0.440. The Morgan fingerprint density at radius 1 is 1.14 bits per heavy atom. The molecular formula is C25H33FN2. The van der Waals surface area contributed by atoms with E-state index in [9.17, 15) is 0 Å². The van der Waals surface area contributed by atoms with Crippen LogP contribution in [0, 0.1) is 5.82 Å². The highest BCUT2D eigenvalue weighted by Gasteiger charge is 2.25. The van der Waals surface area contributed by atoms with Crippen LogP contribution in [-0.4, -0.2) is 18.1 Å². The summed E-state index contributed by atoms with van der Waals surface area (Å²) in [4.78, 5) is 3.52. The van der Waals surface area contributed by atoms with Gasteiger partial charge in [-0.3, -0.25) is 0 Å². The van der Waals surface area contributed by atoms with Gasteiger partial charge >= 0.3 is 0 Å². The first-order chi connectivity index (χ1) is 13.3. The lowest BCUT2D eigenvalue weighted by atomic mass is 9.87. The van der Waals surface area contributed by atoms with Crippen LogP contribution in [0.4, 0.5) is 4.39 Å². The zero-order chi connectivity index (χ0) is 20.4. The molecule has 1 aromatic carbocycles. The zero-order valence-electron chi connectivity index (χ0n) is 17.9. The number of H-pyrrole nitrogens is 1. The van der Waals surface area contributed by atoms with E-state index in [4.69, 9.17) is 0 Å². The first-order valence-corrected chi connectivity index (χ1v) is 10.4. The average molecular weight is 381 g/mol. The summed E-state index contributed by atoms with van der Waals surface area (Å²) in [6.45, 7) is 16.4. The maximum Gasteiger partial charge on any atom is 0.136 e. The van der Waals surface area contributed by atoms with Crippen LogP contribution in [0.2, 0.25) is 0 Å². The van der Waals surface area contributed by atoms with Crippen LogP contribution in [0.15, 0.2) is 42.0 Å². The van der Waals surface area contributed by atoms with Gasteiger partial charge in [0.05, 0.1) is 5.69 Å². The highest BCUT2D eigenvalue weighted by Crippen LogP contribution is 2.39. The fourth-order valence-electron chi connectivity index (χ4n) is 4.30. The highest BCUT2D eigenvalue weighted by atomic mass is 19.1. The number of fused-ring (bicyclic) bond motifs is 1. The summed E-state index contributed by atoms with van der Waals surface area (Å²) in [6, 6.07) is 4.05. The van der Waals surface area contributed by atoms with Crippen molar-refractivity contribution < 1.29 is 4.39 Å². The maximum atomic E-state index is 15.8.